The van der Waals surface area contributed by atoms with Crippen LogP contribution in [0.15, 0.2) is 36.4 Å². The predicted octanol–water partition coefficient (Wildman–Crippen LogP) is 6.13. The maximum absolute atomic E-state index is 6.17. The monoisotopic (exact) mass is 313 g/mol. The molecule has 0 radical (unpaired) electrons. The Kier molecular flexibility index (Phi) is 4.62. The normalized spacial score (nSPS) is 12.3. The molecule has 0 aliphatic rings. The third-order valence-corrected chi connectivity index (χ3v) is 3.84. The van der Waals surface area contributed by atoms with Crippen LogP contribution in [0.2, 0.25) is 15.1 Å². The highest BCUT2D eigenvalue weighted by molar-refractivity contribution is 6.41. The van der Waals surface area contributed by atoms with Crippen molar-refractivity contribution in [3.8, 4) is 0 Å². The molecule has 1 unspecified atom stereocenters. The molecule has 0 aliphatic carbocycles. The van der Waals surface area contributed by atoms with Gasteiger partial charge in [-0.15, -0.1) is 0 Å². The summed E-state index contributed by atoms with van der Waals surface area (Å²) in [6.45, 7) is 4.15. The van der Waals surface area contributed by atoms with E-state index in [1.807, 2.05) is 12.1 Å². The van der Waals surface area contributed by atoms with Crippen LogP contribution in [-0.4, -0.2) is 0 Å². The summed E-state index contributed by atoms with van der Waals surface area (Å²) in [6, 6.07) is 11.7. The first kappa shape index (κ1) is 14.5. The van der Waals surface area contributed by atoms with Crippen LogP contribution < -0.4 is 5.32 Å². The lowest BCUT2D eigenvalue weighted by atomic mass is 10.0. The lowest BCUT2D eigenvalue weighted by Gasteiger charge is -2.19. The highest BCUT2D eigenvalue weighted by atomic mass is 35.5. The van der Waals surface area contributed by atoms with Gasteiger partial charge in [0.2, 0.25) is 0 Å². The second-order valence-electron chi connectivity index (χ2n) is 4.47. The molecule has 0 heterocycles. The molecule has 1 nitrogen and oxygen atoms in total. The zero-order valence-corrected chi connectivity index (χ0v) is 12.9. The third-order valence-electron chi connectivity index (χ3n) is 3.02. The fourth-order valence-electron chi connectivity index (χ4n) is 2.05. The fourth-order valence-corrected chi connectivity index (χ4v) is 2.97. The van der Waals surface area contributed by atoms with Gasteiger partial charge in [0.15, 0.2) is 0 Å². The van der Waals surface area contributed by atoms with E-state index in [2.05, 4.69) is 31.3 Å². The van der Waals surface area contributed by atoms with Crippen LogP contribution >= 0.6 is 34.8 Å². The molecule has 1 N–H and O–H groups in total. The van der Waals surface area contributed by atoms with Crippen molar-refractivity contribution >= 4 is 40.5 Å². The molecule has 0 bridgehead atoms. The number of nitrogens with one attached hydrogen (secondary N) is 1. The minimum atomic E-state index is 0.109. The molecular formula is C15H14Cl3N. The van der Waals surface area contributed by atoms with Crippen LogP contribution in [0.4, 0.5) is 5.69 Å². The van der Waals surface area contributed by atoms with Gasteiger partial charge in [0.05, 0.1) is 15.7 Å². The summed E-state index contributed by atoms with van der Waals surface area (Å²) in [5.74, 6) is 0. The van der Waals surface area contributed by atoms with E-state index in [1.165, 1.54) is 11.1 Å². The van der Waals surface area contributed by atoms with Gasteiger partial charge in [-0.2, -0.15) is 0 Å². The SMILES string of the molecule is Cc1ccccc1C(C)Nc1c(Cl)cc(Cl)cc1Cl. The van der Waals surface area contributed by atoms with Crippen molar-refractivity contribution in [3.05, 3.63) is 62.6 Å². The van der Waals surface area contributed by atoms with Crippen LogP contribution in [0, 0.1) is 6.92 Å². The van der Waals surface area contributed by atoms with E-state index in [1.54, 1.807) is 12.1 Å². The van der Waals surface area contributed by atoms with Crippen LogP contribution in [0.3, 0.4) is 0 Å². The molecule has 2 aromatic carbocycles. The van der Waals surface area contributed by atoms with Gasteiger partial charge in [-0.3, -0.25) is 0 Å². The van der Waals surface area contributed by atoms with Gasteiger partial charge in [-0.1, -0.05) is 59.1 Å². The van der Waals surface area contributed by atoms with Gasteiger partial charge in [0.25, 0.3) is 0 Å². The quantitative estimate of drug-likeness (QED) is 0.718. The van der Waals surface area contributed by atoms with Crippen molar-refractivity contribution in [2.45, 2.75) is 19.9 Å². The Labute approximate surface area is 128 Å². The molecule has 4 heteroatoms. The van der Waals surface area contributed by atoms with Crippen LogP contribution in [0.25, 0.3) is 0 Å². The van der Waals surface area contributed by atoms with E-state index in [-0.39, 0.29) is 6.04 Å². The molecule has 2 rings (SSSR count). The minimum Gasteiger partial charge on any atom is -0.376 e. The average molecular weight is 315 g/mol. The summed E-state index contributed by atoms with van der Waals surface area (Å²) in [5, 5.41) is 4.92. The molecule has 0 aliphatic heterocycles. The lowest BCUT2D eigenvalue weighted by Crippen LogP contribution is -2.08. The van der Waals surface area contributed by atoms with Gasteiger partial charge in [-0.05, 0) is 37.1 Å². The van der Waals surface area contributed by atoms with Crippen molar-refractivity contribution in [2.75, 3.05) is 5.32 Å². The minimum absolute atomic E-state index is 0.109. The molecule has 19 heavy (non-hydrogen) atoms. The molecule has 2 aromatic rings. The van der Waals surface area contributed by atoms with E-state index in [0.717, 1.165) is 0 Å². The second-order valence-corrected chi connectivity index (χ2v) is 5.72. The van der Waals surface area contributed by atoms with Gasteiger partial charge in [0, 0.05) is 11.1 Å². The fraction of sp³-hybridized carbons (Fsp3) is 0.200. The first-order valence-corrected chi connectivity index (χ1v) is 7.09. The van der Waals surface area contributed by atoms with Gasteiger partial charge < -0.3 is 5.32 Å². The molecule has 100 valence electrons. The number of aryl methyl sites for hydroxylation is 1. The van der Waals surface area contributed by atoms with E-state index in [0.29, 0.717) is 20.8 Å². The largest absolute Gasteiger partial charge is 0.376 e. The standard InChI is InChI=1S/C15H14Cl3N/c1-9-5-3-4-6-12(9)10(2)19-15-13(17)7-11(16)8-14(15)18/h3-8,10,19H,1-2H3. The number of hydrogen-bond donors (Lipinski definition) is 1. The van der Waals surface area contributed by atoms with E-state index in [9.17, 15) is 0 Å². The lowest BCUT2D eigenvalue weighted by molar-refractivity contribution is 0.874. The first-order valence-electron chi connectivity index (χ1n) is 5.95. The van der Waals surface area contributed by atoms with Crippen LogP contribution in [0.5, 0.6) is 0 Å². The topological polar surface area (TPSA) is 12.0 Å². The maximum Gasteiger partial charge on any atom is 0.0724 e. The predicted molar refractivity (Wildman–Crippen MR) is 84.7 cm³/mol. The zero-order valence-electron chi connectivity index (χ0n) is 10.7. The summed E-state index contributed by atoms with van der Waals surface area (Å²) in [7, 11) is 0. The Bertz CT molecular complexity index is 573. The molecule has 0 saturated heterocycles. The molecule has 1 atom stereocenters. The molecule has 0 fully saturated rings. The number of hydrogen-bond acceptors (Lipinski definition) is 1. The summed E-state index contributed by atoms with van der Waals surface area (Å²) in [6.07, 6.45) is 0. The molecule has 0 spiro atoms. The van der Waals surface area contributed by atoms with Gasteiger partial charge in [0.1, 0.15) is 0 Å². The molecule has 0 aromatic heterocycles. The van der Waals surface area contributed by atoms with Crippen LogP contribution in [0.1, 0.15) is 24.1 Å². The molecule has 0 amide bonds. The second kappa shape index (κ2) is 6.04. The first-order chi connectivity index (χ1) is 8.99. The third kappa shape index (κ3) is 3.36. The summed E-state index contributed by atoms with van der Waals surface area (Å²) >= 11 is 18.3. The smallest absolute Gasteiger partial charge is 0.0724 e. The number of halogens is 3. The van der Waals surface area contributed by atoms with Crippen LogP contribution in [-0.2, 0) is 0 Å². The Morgan fingerprint density at radius 1 is 1.00 bits per heavy atom. The zero-order chi connectivity index (χ0) is 14.0. The Balaban J connectivity index is 2.29. The summed E-state index contributed by atoms with van der Waals surface area (Å²) < 4.78 is 0. The number of rotatable bonds is 3. The van der Waals surface area contributed by atoms with E-state index >= 15 is 0 Å². The van der Waals surface area contributed by atoms with Crippen molar-refractivity contribution in [1.82, 2.24) is 0 Å². The molecule has 0 saturated carbocycles. The summed E-state index contributed by atoms with van der Waals surface area (Å²) in [4.78, 5) is 0. The average Bonchev–Trinajstić information content (AvgIpc) is 2.34. The van der Waals surface area contributed by atoms with Crippen molar-refractivity contribution in [2.24, 2.45) is 0 Å². The van der Waals surface area contributed by atoms with Crippen molar-refractivity contribution in [3.63, 3.8) is 0 Å². The van der Waals surface area contributed by atoms with Gasteiger partial charge in [-0.25, -0.2) is 0 Å². The van der Waals surface area contributed by atoms with E-state index in [4.69, 9.17) is 34.8 Å². The van der Waals surface area contributed by atoms with Crippen molar-refractivity contribution < 1.29 is 0 Å². The highest BCUT2D eigenvalue weighted by Crippen LogP contribution is 2.36. The Morgan fingerprint density at radius 3 is 2.16 bits per heavy atom. The maximum atomic E-state index is 6.17. The van der Waals surface area contributed by atoms with Crippen molar-refractivity contribution in [1.29, 1.82) is 0 Å². The Morgan fingerprint density at radius 2 is 1.58 bits per heavy atom. The summed E-state index contributed by atoms with van der Waals surface area (Å²) in [5.41, 5.74) is 3.15. The number of benzene rings is 2. The highest BCUT2D eigenvalue weighted by Gasteiger charge is 2.13. The van der Waals surface area contributed by atoms with Gasteiger partial charge >= 0.3 is 0 Å². The number of anilines is 1. The Hall–Kier alpha value is -0.890. The van der Waals surface area contributed by atoms with E-state index < -0.39 is 0 Å². The molecular weight excluding hydrogens is 301 g/mol.